The summed E-state index contributed by atoms with van der Waals surface area (Å²) in [5.74, 6) is 0.713. The van der Waals surface area contributed by atoms with E-state index in [0.717, 1.165) is 15.9 Å². The Bertz CT molecular complexity index is 549. The molecule has 0 radical (unpaired) electrons. The predicted octanol–water partition coefficient (Wildman–Crippen LogP) is 4.38. The zero-order chi connectivity index (χ0) is 13.3. The number of aryl methyl sites for hydroxylation is 1. The number of nitrogens with zero attached hydrogens (tertiary/aromatic N) is 2. The van der Waals surface area contributed by atoms with E-state index < -0.39 is 0 Å². The quantitative estimate of drug-likeness (QED) is 0.835. The zero-order valence-electron chi connectivity index (χ0n) is 10.4. The predicted molar refractivity (Wildman–Crippen MR) is 76.8 cm³/mol. The topological polar surface area (TPSA) is 27.1 Å². The van der Waals surface area contributed by atoms with E-state index >= 15 is 0 Å². The van der Waals surface area contributed by atoms with Gasteiger partial charge in [-0.25, -0.2) is 0 Å². The lowest BCUT2D eigenvalue weighted by molar-refractivity contribution is 0.224. The van der Waals surface area contributed by atoms with Gasteiger partial charge in [0.15, 0.2) is 0 Å². The Morgan fingerprint density at radius 3 is 2.44 bits per heavy atom. The van der Waals surface area contributed by atoms with E-state index in [2.05, 4.69) is 21.0 Å². The molecule has 2 aromatic rings. The molecular formula is C13H14BrClN2O. The highest BCUT2D eigenvalue weighted by Gasteiger charge is 2.16. The molecule has 0 aliphatic rings. The van der Waals surface area contributed by atoms with Gasteiger partial charge in [0.1, 0.15) is 4.47 Å². The smallest absolute Gasteiger partial charge is 0.231 e. The first kappa shape index (κ1) is 13.4. The molecule has 2 rings (SSSR count). The molecule has 0 amide bonds. The Balaban J connectivity index is 2.49. The molecule has 0 fully saturated rings. The van der Waals surface area contributed by atoms with Crippen molar-refractivity contribution in [2.75, 3.05) is 0 Å². The minimum Gasteiger partial charge on any atom is -0.474 e. The van der Waals surface area contributed by atoms with Crippen molar-refractivity contribution < 1.29 is 4.74 Å². The lowest BCUT2D eigenvalue weighted by Crippen LogP contribution is -2.10. The maximum absolute atomic E-state index is 5.89. The first-order valence-corrected chi connectivity index (χ1v) is 6.84. The van der Waals surface area contributed by atoms with Gasteiger partial charge in [0.25, 0.3) is 0 Å². The van der Waals surface area contributed by atoms with E-state index in [-0.39, 0.29) is 6.10 Å². The summed E-state index contributed by atoms with van der Waals surface area (Å²) in [5.41, 5.74) is 1.81. The summed E-state index contributed by atoms with van der Waals surface area (Å²) < 4.78 is 8.46. The third kappa shape index (κ3) is 2.70. The standard InChI is InChI=1S/C13H14BrClN2O/c1-8(2)18-13-12(14)9(3)16-17(13)11-6-4-10(15)5-7-11/h4-8H,1-3H3. The van der Waals surface area contributed by atoms with Crippen LogP contribution < -0.4 is 4.74 Å². The van der Waals surface area contributed by atoms with E-state index in [0.29, 0.717) is 10.9 Å². The molecule has 0 bridgehead atoms. The molecule has 0 atom stereocenters. The lowest BCUT2D eigenvalue weighted by atomic mass is 10.3. The number of ether oxygens (including phenoxy) is 1. The fourth-order valence-electron chi connectivity index (χ4n) is 1.57. The minimum atomic E-state index is 0.0865. The van der Waals surface area contributed by atoms with Crippen molar-refractivity contribution in [2.24, 2.45) is 0 Å². The Kier molecular flexibility index (Phi) is 3.97. The third-order valence-corrected chi connectivity index (χ3v) is 3.53. The number of hydrogen-bond donors (Lipinski definition) is 0. The Hall–Kier alpha value is -1.00. The second kappa shape index (κ2) is 5.33. The van der Waals surface area contributed by atoms with Gasteiger partial charge in [-0.15, -0.1) is 0 Å². The highest BCUT2D eigenvalue weighted by atomic mass is 79.9. The monoisotopic (exact) mass is 328 g/mol. The van der Waals surface area contributed by atoms with E-state index in [1.165, 1.54) is 0 Å². The molecular weight excluding hydrogens is 316 g/mol. The molecule has 1 aromatic heterocycles. The summed E-state index contributed by atoms with van der Waals surface area (Å²) in [5, 5.41) is 5.17. The van der Waals surface area contributed by atoms with E-state index in [4.69, 9.17) is 16.3 Å². The summed E-state index contributed by atoms with van der Waals surface area (Å²) in [6, 6.07) is 7.49. The highest BCUT2D eigenvalue weighted by Crippen LogP contribution is 2.31. The van der Waals surface area contributed by atoms with Gasteiger partial charge in [0, 0.05) is 5.02 Å². The van der Waals surface area contributed by atoms with Crippen LogP contribution in [0.3, 0.4) is 0 Å². The summed E-state index contributed by atoms with van der Waals surface area (Å²) in [6.45, 7) is 5.91. The van der Waals surface area contributed by atoms with Gasteiger partial charge >= 0.3 is 0 Å². The van der Waals surface area contributed by atoms with Gasteiger partial charge in [-0.1, -0.05) is 11.6 Å². The number of aromatic nitrogens is 2. The van der Waals surface area contributed by atoms with Gasteiger partial charge < -0.3 is 4.74 Å². The minimum absolute atomic E-state index is 0.0865. The van der Waals surface area contributed by atoms with Gasteiger partial charge in [0.05, 0.1) is 17.5 Å². The maximum atomic E-state index is 5.89. The molecule has 0 saturated carbocycles. The molecule has 0 aliphatic carbocycles. The largest absolute Gasteiger partial charge is 0.474 e. The first-order valence-electron chi connectivity index (χ1n) is 5.66. The van der Waals surface area contributed by atoms with E-state index in [1.807, 2.05) is 45.0 Å². The second-order valence-electron chi connectivity index (χ2n) is 4.26. The fourth-order valence-corrected chi connectivity index (χ4v) is 2.04. The van der Waals surface area contributed by atoms with Gasteiger partial charge in [-0.05, 0) is 61.0 Å². The number of rotatable bonds is 3. The van der Waals surface area contributed by atoms with Crippen LogP contribution in [0.25, 0.3) is 5.69 Å². The summed E-state index contributed by atoms with van der Waals surface area (Å²) in [4.78, 5) is 0. The van der Waals surface area contributed by atoms with Gasteiger partial charge in [0.2, 0.25) is 5.88 Å². The van der Waals surface area contributed by atoms with Crippen LogP contribution in [-0.4, -0.2) is 15.9 Å². The van der Waals surface area contributed by atoms with Crippen molar-refractivity contribution in [3.05, 3.63) is 39.5 Å². The van der Waals surface area contributed by atoms with Crippen LogP contribution in [0.4, 0.5) is 0 Å². The molecule has 0 N–H and O–H groups in total. The molecule has 1 heterocycles. The molecule has 1 aromatic carbocycles. The van der Waals surface area contributed by atoms with Crippen molar-refractivity contribution >= 4 is 27.5 Å². The zero-order valence-corrected chi connectivity index (χ0v) is 12.8. The van der Waals surface area contributed by atoms with Crippen molar-refractivity contribution in [2.45, 2.75) is 26.9 Å². The van der Waals surface area contributed by atoms with E-state index in [1.54, 1.807) is 4.68 Å². The molecule has 5 heteroatoms. The Morgan fingerprint density at radius 2 is 1.89 bits per heavy atom. The SMILES string of the molecule is Cc1nn(-c2ccc(Cl)cc2)c(OC(C)C)c1Br. The van der Waals surface area contributed by atoms with Gasteiger partial charge in [-0.3, -0.25) is 0 Å². The molecule has 0 saturated heterocycles. The summed E-state index contributed by atoms with van der Waals surface area (Å²) >= 11 is 9.40. The number of hydrogen-bond acceptors (Lipinski definition) is 2. The van der Waals surface area contributed by atoms with Crippen molar-refractivity contribution in [1.29, 1.82) is 0 Å². The highest BCUT2D eigenvalue weighted by molar-refractivity contribution is 9.10. The normalized spacial score (nSPS) is 11.0. The van der Waals surface area contributed by atoms with Crippen LogP contribution in [0.5, 0.6) is 5.88 Å². The second-order valence-corrected chi connectivity index (χ2v) is 5.49. The van der Waals surface area contributed by atoms with Crippen molar-refractivity contribution in [3.8, 4) is 11.6 Å². The van der Waals surface area contributed by atoms with Crippen LogP contribution in [0.15, 0.2) is 28.7 Å². The average Bonchev–Trinajstić information content (AvgIpc) is 2.58. The number of benzene rings is 1. The van der Waals surface area contributed by atoms with Crippen LogP contribution in [0.1, 0.15) is 19.5 Å². The molecule has 96 valence electrons. The number of halogens is 2. The lowest BCUT2D eigenvalue weighted by Gasteiger charge is -2.12. The van der Waals surface area contributed by atoms with Gasteiger partial charge in [-0.2, -0.15) is 9.78 Å². The van der Waals surface area contributed by atoms with Crippen LogP contribution in [-0.2, 0) is 0 Å². The van der Waals surface area contributed by atoms with Crippen molar-refractivity contribution in [3.63, 3.8) is 0 Å². The third-order valence-electron chi connectivity index (χ3n) is 2.37. The molecule has 0 unspecified atom stereocenters. The Labute approximate surface area is 120 Å². The molecule has 18 heavy (non-hydrogen) atoms. The summed E-state index contributed by atoms with van der Waals surface area (Å²) in [7, 11) is 0. The Morgan fingerprint density at radius 1 is 1.28 bits per heavy atom. The van der Waals surface area contributed by atoms with E-state index in [9.17, 15) is 0 Å². The van der Waals surface area contributed by atoms with Crippen LogP contribution >= 0.6 is 27.5 Å². The fraction of sp³-hybridized carbons (Fsp3) is 0.308. The molecule has 3 nitrogen and oxygen atoms in total. The first-order chi connectivity index (χ1) is 8.49. The molecule has 0 aliphatic heterocycles. The van der Waals surface area contributed by atoms with Crippen LogP contribution in [0.2, 0.25) is 5.02 Å². The van der Waals surface area contributed by atoms with Crippen molar-refractivity contribution in [1.82, 2.24) is 9.78 Å². The molecule has 0 spiro atoms. The average molecular weight is 330 g/mol. The summed E-state index contributed by atoms with van der Waals surface area (Å²) in [6.07, 6.45) is 0.0865. The maximum Gasteiger partial charge on any atom is 0.231 e. The van der Waals surface area contributed by atoms with Crippen LogP contribution in [0, 0.1) is 6.92 Å².